The second kappa shape index (κ2) is 6.64. The van der Waals surface area contributed by atoms with Crippen molar-refractivity contribution in [1.82, 2.24) is 5.32 Å². The van der Waals surface area contributed by atoms with Crippen molar-refractivity contribution in [3.05, 3.63) is 23.8 Å². The van der Waals surface area contributed by atoms with Crippen molar-refractivity contribution in [1.29, 1.82) is 0 Å². The number of nitrogens with two attached hydrogens (primary N) is 1. The smallest absolute Gasteiger partial charge is 0.251 e. The van der Waals surface area contributed by atoms with Crippen LogP contribution in [0, 0.1) is 11.8 Å². The minimum Gasteiger partial charge on any atom is -0.397 e. The minimum absolute atomic E-state index is 0.0842. The topological polar surface area (TPSA) is 67.2 Å². The number of nitrogens with one attached hydrogen (secondary N) is 2. The van der Waals surface area contributed by atoms with Crippen LogP contribution in [0.25, 0.3) is 0 Å². The molecule has 0 aliphatic heterocycles. The zero-order valence-corrected chi connectivity index (χ0v) is 12.4. The summed E-state index contributed by atoms with van der Waals surface area (Å²) >= 11 is 0. The van der Waals surface area contributed by atoms with Gasteiger partial charge in [0.15, 0.2) is 0 Å². The monoisotopic (exact) mass is 275 g/mol. The maximum Gasteiger partial charge on any atom is 0.251 e. The first-order valence-electron chi connectivity index (χ1n) is 7.47. The number of anilines is 2. The molecule has 0 spiro atoms. The number of hydrogen-bond donors (Lipinski definition) is 3. The first-order chi connectivity index (χ1) is 9.61. The van der Waals surface area contributed by atoms with E-state index in [4.69, 9.17) is 5.73 Å². The van der Waals surface area contributed by atoms with Crippen molar-refractivity contribution >= 4 is 17.3 Å². The van der Waals surface area contributed by atoms with Crippen LogP contribution in [0.3, 0.4) is 0 Å². The summed E-state index contributed by atoms with van der Waals surface area (Å²) in [5, 5.41) is 6.06. The second-order valence-electron chi connectivity index (χ2n) is 5.78. The van der Waals surface area contributed by atoms with Gasteiger partial charge in [-0.3, -0.25) is 4.79 Å². The maximum atomic E-state index is 11.7. The quantitative estimate of drug-likeness (QED) is 0.740. The van der Waals surface area contributed by atoms with Crippen LogP contribution < -0.4 is 16.4 Å². The van der Waals surface area contributed by atoms with Crippen LogP contribution in [0.5, 0.6) is 0 Å². The van der Waals surface area contributed by atoms with Gasteiger partial charge in [-0.1, -0.05) is 26.2 Å². The van der Waals surface area contributed by atoms with Crippen LogP contribution in [0.2, 0.25) is 0 Å². The molecule has 1 amide bonds. The van der Waals surface area contributed by atoms with E-state index in [1.54, 1.807) is 19.2 Å². The molecule has 1 aromatic rings. The standard InChI is InChI=1S/C16H25N3O/c1-11-5-3-4-6-13(11)10-19-15-9-12(16(20)18-2)7-8-14(15)17/h7-9,11,13,19H,3-6,10,17H2,1-2H3,(H,18,20). The molecular weight excluding hydrogens is 250 g/mol. The van der Waals surface area contributed by atoms with Crippen LogP contribution in [0.15, 0.2) is 18.2 Å². The second-order valence-corrected chi connectivity index (χ2v) is 5.78. The van der Waals surface area contributed by atoms with E-state index in [0.717, 1.165) is 18.2 Å². The van der Waals surface area contributed by atoms with Gasteiger partial charge in [-0.15, -0.1) is 0 Å². The highest BCUT2D eigenvalue weighted by atomic mass is 16.1. The minimum atomic E-state index is -0.0842. The molecule has 0 bridgehead atoms. The lowest BCUT2D eigenvalue weighted by atomic mass is 9.80. The van der Waals surface area contributed by atoms with Crippen molar-refractivity contribution in [2.75, 3.05) is 24.6 Å². The molecule has 4 N–H and O–H groups in total. The van der Waals surface area contributed by atoms with Crippen LogP contribution in [-0.4, -0.2) is 19.5 Å². The molecule has 1 aliphatic rings. The molecule has 0 aromatic heterocycles. The molecule has 20 heavy (non-hydrogen) atoms. The third-order valence-corrected chi connectivity index (χ3v) is 4.39. The third kappa shape index (κ3) is 3.44. The fourth-order valence-corrected chi connectivity index (χ4v) is 2.93. The summed E-state index contributed by atoms with van der Waals surface area (Å²) in [7, 11) is 1.63. The Hall–Kier alpha value is -1.71. The van der Waals surface area contributed by atoms with Crippen molar-refractivity contribution in [2.24, 2.45) is 11.8 Å². The number of carbonyl (C=O) groups is 1. The molecule has 4 nitrogen and oxygen atoms in total. The largest absolute Gasteiger partial charge is 0.397 e. The highest BCUT2D eigenvalue weighted by molar-refractivity contribution is 5.96. The molecule has 2 atom stereocenters. The molecule has 0 radical (unpaired) electrons. The molecule has 4 heteroatoms. The zero-order valence-electron chi connectivity index (χ0n) is 12.4. The Labute approximate surface area is 121 Å². The number of nitrogen functional groups attached to an aromatic ring is 1. The molecular formula is C16H25N3O. The lowest BCUT2D eigenvalue weighted by Gasteiger charge is -2.29. The van der Waals surface area contributed by atoms with Crippen molar-refractivity contribution in [3.63, 3.8) is 0 Å². The molecule has 110 valence electrons. The van der Waals surface area contributed by atoms with Gasteiger partial charge in [0.1, 0.15) is 0 Å². The Morgan fingerprint density at radius 3 is 2.80 bits per heavy atom. The van der Waals surface area contributed by atoms with Gasteiger partial charge in [0.05, 0.1) is 11.4 Å². The molecule has 2 rings (SSSR count). The number of hydrogen-bond acceptors (Lipinski definition) is 3. The molecule has 1 fully saturated rings. The van der Waals surface area contributed by atoms with Gasteiger partial charge >= 0.3 is 0 Å². The fourth-order valence-electron chi connectivity index (χ4n) is 2.93. The predicted octanol–water partition coefficient (Wildman–Crippen LogP) is 2.87. The van der Waals surface area contributed by atoms with Crippen molar-refractivity contribution in [3.8, 4) is 0 Å². The van der Waals surface area contributed by atoms with E-state index in [9.17, 15) is 4.79 Å². The summed E-state index contributed by atoms with van der Waals surface area (Å²) in [6.07, 6.45) is 5.28. The first-order valence-corrected chi connectivity index (χ1v) is 7.47. The summed E-state index contributed by atoms with van der Waals surface area (Å²) in [5.74, 6) is 1.38. The highest BCUT2D eigenvalue weighted by Crippen LogP contribution is 2.30. The van der Waals surface area contributed by atoms with E-state index in [1.807, 2.05) is 6.07 Å². The van der Waals surface area contributed by atoms with E-state index >= 15 is 0 Å². The van der Waals surface area contributed by atoms with Crippen LogP contribution in [0.1, 0.15) is 43.0 Å². The Balaban J connectivity index is 2.02. The molecule has 2 unspecified atom stereocenters. The molecule has 0 heterocycles. The Kier molecular flexibility index (Phi) is 4.88. The first kappa shape index (κ1) is 14.7. The summed E-state index contributed by atoms with van der Waals surface area (Å²) in [4.78, 5) is 11.7. The number of amides is 1. The van der Waals surface area contributed by atoms with E-state index in [2.05, 4.69) is 17.6 Å². The average molecular weight is 275 g/mol. The SMILES string of the molecule is CNC(=O)c1ccc(N)c(NCC2CCCCC2C)c1. The van der Waals surface area contributed by atoms with Crippen LogP contribution in [0.4, 0.5) is 11.4 Å². The summed E-state index contributed by atoms with van der Waals surface area (Å²) < 4.78 is 0. The average Bonchev–Trinajstić information content (AvgIpc) is 2.47. The Morgan fingerprint density at radius 1 is 1.35 bits per heavy atom. The van der Waals surface area contributed by atoms with E-state index in [0.29, 0.717) is 17.2 Å². The summed E-state index contributed by atoms with van der Waals surface area (Å²) in [6, 6.07) is 5.38. The van der Waals surface area contributed by atoms with Crippen LogP contribution in [-0.2, 0) is 0 Å². The summed E-state index contributed by atoms with van der Waals surface area (Å²) in [5.41, 5.74) is 8.19. The van der Waals surface area contributed by atoms with Gasteiger partial charge < -0.3 is 16.4 Å². The predicted molar refractivity (Wildman–Crippen MR) is 83.9 cm³/mol. The van der Waals surface area contributed by atoms with E-state index < -0.39 is 0 Å². The van der Waals surface area contributed by atoms with Crippen molar-refractivity contribution in [2.45, 2.75) is 32.6 Å². The van der Waals surface area contributed by atoms with Gasteiger partial charge in [0.25, 0.3) is 5.91 Å². The molecule has 0 saturated heterocycles. The summed E-state index contributed by atoms with van der Waals surface area (Å²) in [6.45, 7) is 3.26. The Morgan fingerprint density at radius 2 is 2.10 bits per heavy atom. The maximum absolute atomic E-state index is 11.7. The van der Waals surface area contributed by atoms with Gasteiger partial charge in [0, 0.05) is 19.2 Å². The van der Waals surface area contributed by atoms with E-state index in [-0.39, 0.29) is 5.91 Å². The van der Waals surface area contributed by atoms with E-state index in [1.165, 1.54) is 25.7 Å². The third-order valence-electron chi connectivity index (χ3n) is 4.39. The van der Waals surface area contributed by atoms with Gasteiger partial charge in [0.2, 0.25) is 0 Å². The van der Waals surface area contributed by atoms with Gasteiger partial charge in [-0.25, -0.2) is 0 Å². The Bertz CT molecular complexity index is 473. The number of rotatable bonds is 4. The lowest BCUT2D eigenvalue weighted by Crippen LogP contribution is -2.25. The molecule has 1 aliphatic carbocycles. The number of benzene rings is 1. The normalized spacial score (nSPS) is 22.3. The number of carbonyl (C=O) groups excluding carboxylic acids is 1. The highest BCUT2D eigenvalue weighted by Gasteiger charge is 2.21. The zero-order chi connectivity index (χ0) is 14.5. The van der Waals surface area contributed by atoms with Gasteiger partial charge in [-0.05, 0) is 36.5 Å². The van der Waals surface area contributed by atoms with Crippen molar-refractivity contribution < 1.29 is 4.79 Å². The van der Waals surface area contributed by atoms with Crippen LogP contribution >= 0.6 is 0 Å². The molecule has 1 saturated carbocycles. The lowest BCUT2D eigenvalue weighted by molar-refractivity contribution is 0.0963. The molecule has 1 aromatic carbocycles. The fraction of sp³-hybridized carbons (Fsp3) is 0.562. The van der Waals surface area contributed by atoms with Gasteiger partial charge in [-0.2, -0.15) is 0 Å².